The summed E-state index contributed by atoms with van der Waals surface area (Å²) in [5.41, 5.74) is 3.08. The van der Waals surface area contributed by atoms with E-state index in [1.54, 1.807) is 12.1 Å². The minimum absolute atomic E-state index is 0.0420. The van der Waals surface area contributed by atoms with Crippen molar-refractivity contribution in [3.63, 3.8) is 0 Å². The molecule has 0 spiro atoms. The Morgan fingerprint density at radius 1 is 1.00 bits per heavy atom. The highest BCUT2D eigenvalue weighted by Gasteiger charge is 2.23. The second-order valence-electron chi connectivity index (χ2n) is 4.93. The maximum atomic E-state index is 12.9. The molecule has 19 heavy (non-hydrogen) atoms. The predicted molar refractivity (Wildman–Crippen MR) is 74.0 cm³/mol. The van der Waals surface area contributed by atoms with Crippen LogP contribution < -0.4 is 0 Å². The second-order valence-corrected chi connectivity index (χ2v) is 4.93. The van der Waals surface area contributed by atoms with Gasteiger partial charge in [-0.15, -0.1) is 0 Å². The van der Waals surface area contributed by atoms with Crippen LogP contribution in [0.4, 0.5) is 4.39 Å². The topological polar surface area (TPSA) is 20.2 Å². The largest absolute Gasteiger partial charge is 0.388 e. The quantitative estimate of drug-likeness (QED) is 0.865. The van der Waals surface area contributed by atoms with Crippen molar-refractivity contribution >= 4 is 6.08 Å². The number of hydrogen-bond donors (Lipinski definition) is 1. The fraction of sp³-hybridized carbons (Fsp3) is 0.176. The zero-order valence-electron chi connectivity index (χ0n) is 10.5. The summed E-state index contributed by atoms with van der Waals surface area (Å²) in [5, 5.41) is 10.4. The molecule has 1 aliphatic rings. The van der Waals surface area contributed by atoms with Crippen LogP contribution in [0.15, 0.2) is 54.6 Å². The minimum Gasteiger partial charge on any atom is -0.388 e. The summed E-state index contributed by atoms with van der Waals surface area (Å²) in [6.45, 7) is 0. The fourth-order valence-corrected chi connectivity index (χ4v) is 2.57. The smallest absolute Gasteiger partial charge is 0.123 e. The van der Waals surface area contributed by atoms with Gasteiger partial charge < -0.3 is 5.11 Å². The Morgan fingerprint density at radius 3 is 2.53 bits per heavy atom. The average molecular weight is 254 g/mol. The summed E-state index contributed by atoms with van der Waals surface area (Å²) < 4.78 is 12.9. The Morgan fingerprint density at radius 2 is 1.74 bits per heavy atom. The molecule has 0 saturated heterocycles. The highest BCUT2D eigenvalue weighted by atomic mass is 19.1. The van der Waals surface area contributed by atoms with Crippen LogP contribution in [0.2, 0.25) is 0 Å². The van der Waals surface area contributed by atoms with Crippen molar-refractivity contribution in [1.82, 2.24) is 0 Å². The van der Waals surface area contributed by atoms with Crippen molar-refractivity contribution in [2.24, 2.45) is 5.92 Å². The average Bonchev–Trinajstić information content (AvgIpc) is 2.45. The van der Waals surface area contributed by atoms with Crippen LogP contribution in [0.25, 0.3) is 6.08 Å². The van der Waals surface area contributed by atoms with Crippen molar-refractivity contribution in [2.45, 2.75) is 12.5 Å². The predicted octanol–water partition coefficient (Wildman–Crippen LogP) is 3.74. The summed E-state index contributed by atoms with van der Waals surface area (Å²) in [5.74, 6) is -0.186. The van der Waals surface area contributed by atoms with Crippen molar-refractivity contribution in [2.75, 3.05) is 0 Å². The molecule has 2 heteroatoms. The van der Waals surface area contributed by atoms with Crippen molar-refractivity contribution in [1.29, 1.82) is 0 Å². The Bertz CT molecular complexity index is 601. The Hall–Kier alpha value is -1.93. The monoisotopic (exact) mass is 254 g/mol. The molecule has 2 aromatic rings. The fourth-order valence-electron chi connectivity index (χ4n) is 2.57. The summed E-state index contributed by atoms with van der Waals surface area (Å²) in [7, 11) is 0. The molecule has 0 radical (unpaired) electrons. The molecule has 0 heterocycles. The standard InChI is InChI=1S/C17H15FO/c18-15-9-5-12(6-10-15)11-14-8-7-13-3-1-2-4-16(13)17(14)19/h1-10,14,17,19H,11H2/t14-,17+/m1/s1. The lowest BCUT2D eigenvalue weighted by Gasteiger charge is -2.25. The van der Waals surface area contributed by atoms with E-state index in [-0.39, 0.29) is 11.7 Å². The van der Waals surface area contributed by atoms with Gasteiger partial charge in [-0.3, -0.25) is 0 Å². The van der Waals surface area contributed by atoms with Gasteiger partial charge in [-0.1, -0.05) is 48.6 Å². The van der Waals surface area contributed by atoms with E-state index >= 15 is 0 Å². The molecule has 1 nitrogen and oxygen atoms in total. The van der Waals surface area contributed by atoms with Crippen molar-refractivity contribution in [3.05, 3.63) is 77.1 Å². The first-order valence-electron chi connectivity index (χ1n) is 6.44. The zero-order chi connectivity index (χ0) is 13.2. The van der Waals surface area contributed by atoms with Crippen molar-refractivity contribution in [3.8, 4) is 0 Å². The Labute approximate surface area is 112 Å². The first-order chi connectivity index (χ1) is 9.24. The van der Waals surface area contributed by atoms with Gasteiger partial charge in [0.15, 0.2) is 0 Å². The molecular formula is C17H15FO. The van der Waals surface area contributed by atoms with E-state index in [1.165, 1.54) is 12.1 Å². The third kappa shape index (κ3) is 2.45. The van der Waals surface area contributed by atoms with E-state index < -0.39 is 6.10 Å². The molecule has 1 aliphatic carbocycles. The molecule has 2 aromatic carbocycles. The lowest BCUT2D eigenvalue weighted by molar-refractivity contribution is 0.130. The van der Waals surface area contributed by atoms with Crippen LogP contribution in [0.3, 0.4) is 0 Å². The van der Waals surface area contributed by atoms with Crippen molar-refractivity contribution < 1.29 is 9.50 Å². The van der Waals surface area contributed by atoms with Gasteiger partial charge >= 0.3 is 0 Å². The van der Waals surface area contributed by atoms with Crippen LogP contribution in [0.1, 0.15) is 22.8 Å². The van der Waals surface area contributed by atoms with E-state index in [1.807, 2.05) is 30.3 Å². The number of aliphatic hydroxyl groups is 1. The molecule has 0 amide bonds. The Kier molecular flexibility index (Phi) is 3.18. The number of hydrogen-bond acceptors (Lipinski definition) is 1. The number of rotatable bonds is 2. The number of aliphatic hydroxyl groups excluding tert-OH is 1. The summed E-state index contributed by atoms with van der Waals surface area (Å²) in [4.78, 5) is 0. The maximum Gasteiger partial charge on any atom is 0.123 e. The molecule has 0 bridgehead atoms. The molecular weight excluding hydrogens is 239 g/mol. The first-order valence-corrected chi connectivity index (χ1v) is 6.44. The third-order valence-electron chi connectivity index (χ3n) is 3.63. The Balaban J connectivity index is 1.83. The van der Waals surface area contributed by atoms with E-state index in [4.69, 9.17) is 0 Å². The highest BCUT2D eigenvalue weighted by molar-refractivity contribution is 5.57. The zero-order valence-corrected chi connectivity index (χ0v) is 10.5. The molecule has 0 saturated carbocycles. The van der Waals surface area contributed by atoms with Gasteiger partial charge in [0.2, 0.25) is 0 Å². The van der Waals surface area contributed by atoms with Crippen LogP contribution in [-0.2, 0) is 6.42 Å². The normalized spacial score (nSPS) is 21.2. The van der Waals surface area contributed by atoms with Crippen LogP contribution >= 0.6 is 0 Å². The maximum absolute atomic E-state index is 12.9. The van der Waals surface area contributed by atoms with E-state index in [2.05, 4.69) is 6.08 Å². The minimum atomic E-state index is -0.494. The van der Waals surface area contributed by atoms with Crippen LogP contribution in [0.5, 0.6) is 0 Å². The molecule has 2 atom stereocenters. The van der Waals surface area contributed by atoms with E-state index in [9.17, 15) is 9.50 Å². The molecule has 0 aromatic heterocycles. The van der Waals surface area contributed by atoms with Gasteiger partial charge in [0.1, 0.15) is 5.82 Å². The van der Waals surface area contributed by atoms with Gasteiger partial charge in [0.05, 0.1) is 6.10 Å². The molecule has 0 aliphatic heterocycles. The SMILES string of the molecule is O[C@@H]1c2ccccc2C=C[C@@H]1Cc1ccc(F)cc1. The number of fused-ring (bicyclic) bond motifs is 1. The molecule has 1 N–H and O–H groups in total. The highest BCUT2D eigenvalue weighted by Crippen LogP contribution is 2.33. The summed E-state index contributed by atoms with van der Waals surface area (Å²) >= 11 is 0. The lowest BCUT2D eigenvalue weighted by Crippen LogP contribution is -2.17. The van der Waals surface area contributed by atoms with E-state index in [0.717, 1.165) is 16.7 Å². The number of benzene rings is 2. The van der Waals surface area contributed by atoms with Gasteiger partial charge in [-0.2, -0.15) is 0 Å². The van der Waals surface area contributed by atoms with Crippen LogP contribution in [-0.4, -0.2) is 5.11 Å². The van der Waals surface area contributed by atoms with Gasteiger partial charge in [0.25, 0.3) is 0 Å². The van der Waals surface area contributed by atoms with Gasteiger partial charge in [0, 0.05) is 5.92 Å². The molecule has 96 valence electrons. The second kappa shape index (κ2) is 4.98. The van der Waals surface area contributed by atoms with Crippen LogP contribution in [0, 0.1) is 11.7 Å². The van der Waals surface area contributed by atoms with E-state index in [0.29, 0.717) is 6.42 Å². The molecule has 3 rings (SSSR count). The first kappa shape index (κ1) is 12.1. The van der Waals surface area contributed by atoms with Gasteiger partial charge in [-0.25, -0.2) is 4.39 Å². The summed E-state index contributed by atoms with van der Waals surface area (Å²) in [6, 6.07) is 14.3. The van der Waals surface area contributed by atoms with Gasteiger partial charge in [-0.05, 0) is 35.2 Å². The molecule has 0 fully saturated rings. The third-order valence-corrected chi connectivity index (χ3v) is 3.63. The number of halogens is 1. The molecule has 0 unspecified atom stereocenters. The summed E-state index contributed by atoms with van der Waals surface area (Å²) in [6.07, 6.45) is 4.31. The lowest BCUT2D eigenvalue weighted by atomic mass is 9.83.